The number of phenolic OH excluding ortho intramolecular Hbond substituents is 1. The zero-order valence-corrected chi connectivity index (χ0v) is 13.2. The first-order valence-electron chi connectivity index (χ1n) is 7.29. The molecule has 3 N–H and O–H groups in total. The van der Waals surface area contributed by atoms with Crippen molar-refractivity contribution >= 4 is 17.4 Å². The third-order valence-corrected chi connectivity index (χ3v) is 3.37. The van der Waals surface area contributed by atoms with Gasteiger partial charge in [0.1, 0.15) is 5.75 Å². The molecule has 0 saturated carbocycles. The van der Waals surface area contributed by atoms with Gasteiger partial charge in [0, 0.05) is 23.9 Å². The summed E-state index contributed by atoms with van der Waals surface area (Å²) in [6.07, 6.45) is 0. The Morgan fingerprint density at radius 3 is 2.29 bits per heavy atom. The topological polar surface area (TPSA) is 100 Å². The normalized spacial score (nSPS) is 10.4. The molecule has 24 heavy (non-hydrogen) atoms. The molecule has 2 aromatic carbocycles. The standard InChI is InChI=1S/C17H16N4O3/c1-10-9-14(7-8-15(10)22)19-17(23)18-13-5-3-12(4-6-13)16-21-20-11(2)24-16/h3-9,22H,1-2H3,(H2,18,19,23). The monoisotopic (exact) mass is 324 g/mol. The van der Waals surface area contributed by atoms with Crippen LogP contribution in [0.5, 0.6) is 5.75 Å². The lowest BCUT2D eigenvalue weighted by Crippen LogP contribution is -2.19. The van der Waals surface area contributed by atoms with Gasteiger partial charge in [-0.2, -0.15) is 0 Å². The van der Waals surface area contributed by atoms with E-state index < -0.39 is 0 Å². The number of nitrogens with one attached hydrogen (secondary N) is 2. The lowest BCUT2D eigenvalue weighted by atomic mass is 10.2. The predicted octanol–water partition coefficient (Wildman–Crippen LogP) is 3.70. The molecule has 7 nitrogen and oxygen atoms in total. The van der Waals surface area contributed by atoms with E-state index in [1.807, 2.05) is 0 Å². The number of carbonyl (C=O) groups excluding carboxylic acids is 1. The first-order chi connectivity index (χ1) is 11.5. The summed E-state index contributed by atoms with van der Waals surface area (Å²) < 4.78 is 5.35. The van der Waals surface area contributed by atoms with Crippen molar-refractivity contribution in [3.8, 4) is 17.2 Å². The second kappa shape index (κ2) is 6.41. The van der Waals surface area contributed by atoms with Gasteiger partial charge in [-0.15, -0.1) is 10.2 Å². The van der Waals surface area contributed by atoms with Crippen molar-refractivity contribution in [3.63, 3.8) is 0 Å². The van der Waals surface area contributed by atoms with E-state index >= 15 is 0 Å². The summed E-state index contributed by atoms with van der Waals surface area (Å²) in [4.78, 5) is 12.0. The molecular formula is C17H16N4O3. The number of amides is 2. The third-order valence-electron chi connectivity index (χ3n) is 3.37. The Morgan fingerprint density at radius 2 is 1.67 bits per heavy atom. The fraction of sp³-hybridized carbons (Fsp3) is 0.118. The number of urea groups is 1. The Kier molecular flexibility index (Phi) is 4.15. The maximum absolute atomic E-state index is 12.0. The zero-order chi connectivity index (χ0) is 17.1. The molecule has 7 heteroatoms. The largest absolute Gasteiger partial charge is 0.508 e. The molecule has 0 unspecified atom stereocenters. The van der Waals surface area contributed by atoms with E-state index in [1.165, 1.54) is 6.07 Å². The number of aromatic hydroxyl groups is 1. The first-order valence-corrected chi connectivity index (χ1v) is 7.29. The quantitative estimate of drug-likeness (QED) is 0.638. The SMILES string of the molecule is Cc1nnc(-c2ccc(NC(=O)Nc3ccc(O)c(C)c3)cc2)o1. The highest BCUT2D eigenvalue weighted by atomic mass is 16.4. The number of anilines is 2. The van der Waals surface area contributed by atoms with Crippen LogP contribution >= 0.6 is 0 Å². The zero-order valence-electron chi connectivity index (χ0n) is 13.2. The smallest absolute Gasteiger partial charge is 0.323 e. The van der Waals surface area contributed by atoms with Gasteiger partial charge < -0.3 is 20.2 Å². The van der Waals surface area contributed by atoms with Crippen molar-refractivity contribution in [1.29, 1.82) is 0 Å². The van der Waals surface area contributed by atoms with Gasteiger partial charge in [0.05, 0.1) is 0 Å². The maximum atomic E-state index is 12.0. The summed E-state index contributed by atoms with van der Waals surface area (Å²) in [5, 5.41) is 22.6. The third kappa shape index (κ3) is 3.52. The van der Waals surface area contributed by atoms with Crippen LogP contribution in [-0.2, 0) is 0 Å². The van der Waals surface area contributed by atoms with Crippen molar-refractivity contribution in [3.05, 3.63) is 53.9 Å². The molecule has 1 heterocycles. The average molecular weight is 324 g/mol. The van der Waals surface area contributed by atoms with Crippen LogP contribution in [0.3, 0.4) is 0 Å². The highest BCUT2D eigenvalue weighted by Crippen LogP contribution is 2.22. The van der Waals surface area contributed by atoms with Gasteiger partial charge in [-0.3, -0.25) is 0 Å². The number of rotatable bonds is 3. The molecule has 0 aliphatic rings. The molecule has 0 saturated heterocycles. The number of aryl methyl sites for hydroxylation is 2. The molecule has 122 valence electrons. The molecule has 1 aromatic heterocycles. The number of carbonyl (C=O) groups is 1. The Bertz CT molecular complexity index is 872. The minimum atomic E-state index is -0.374. The van der Waals surface area contributed by atoms with Gasteiger partial charge in [0.25, 0.3) is 0 Å². The number of phenols is 1. The van der Waals surface area contributed by atoms with Crippen molar-refractivity contribution in [1.82, 2.24) is 10.2 Å². The molecule has 0 atom stereocenters. The van der Waals surface area contributed by atoms with Gasteiger partial charge >= 0.3 is 6.03 Å². The van der Waals surface area contributed by atoms with Gasteiger partial charge in [-0.25, -0.2) is 4.79 Å². The van der Waals surface area contributed by atoms with E-state index in [9.17, 15) is 9.90 Å². The number of benzene rings is 2. The van der Waals surface area contributed by atoms with Crippen LogP contribution in [-0.4, -0.2) is 21.3 Å². The Balaban J connectivity index is 1.65. The molecule has 3 rings (SSSR count). The molecule has 0 aliphatic heterocycles. The molecule has 0 bridgehead atoms. The Labute approximate surface area is 138 Å². The minimum absolute atomic E-state index is 0.188. The van der Waals surface area contributed by atoms with E-state index in [2.05, 4.69) is 20.8 Å². The molecule has 0 aliphatic carbocycles. The number of nitrogens with zero attached hydrogens (tertiary/aromatic N) is 2. The highest BCUT2D eigenvalue weighted by molar-refractivity contribution is 5.99. The fourth-order valence-electron chi connectivity index (χ4n) is 2.14. The van der Waals surface area contributed by atoms with Crippen LogP contribution in [0.4, 0.5) is 16.2 Å². The summed E-state index contributed by atoms with van der Waals surface area (Å²) in [6.45, 7) is 3.48. The fourth-order valence-corrected chi connectivity index (χ4v) is 2.14. The van der Waals surface area contributed by atoms with E-state index in [4.69, 9.17) is 4.42 Å². The Hall–Kier alpha value is -3.35. The van der Waals surface area contributed by atoms with Crippen LogP contribution in [0, 0.1) is 13.8 Å². The summed E-state index contributed by atoms with van der Waals surface area (Å²) in [5.74, 6) is 1.12. The summed E-state index contributed by atoms with van der Waals surface area (Å²) in [5.41, 5.74) is 2.69. The van der Waals surface area contributed by atoms with E-state index in [-0.39, 0.29) is 11.8 Å². The van der Waals surface area contributed by atoms with Crippen LogP contribution in [0.2, 0.25) is 0 Å². The average Bonchev–Trinajstić information content (AvgIpc) is 2.98. The van der Waals surface area contributed by atoms with Crippen molar-refractivity contribution in [2.75, 3.05) is 10.6 Å². The number of aromatic nitrogens is 2. The lowest BCUT2D eigenvalue weighted by Gasteiger charge is -2.09. The molecule has 3 aromatic rings. The second-order valence-corrected chi connectivity index (χ2v) is 5.28. The number of hydrogen-bond acceptors (Lipinski definition) is 5. The van der Waals surface area contributed by atoms with E-state index in [1.54, 1.807) is 50.2 Å². The molecular weight excluding hydrogens is 308 g/mol. The predicted molar refractivity (Wildman–Crippen MR) is 90.0 cm³/mol. The summed E-state index contributed by atoms with van der Waals surface area (Å²) >= 11 is 0. The van der Waals surface area contributed by atoms with Gasteiger partial charge in [0.15, 0.2) is 0 Å². The number of hydrogen-bond donors (Lipinski definition) is 3. The van der Waals surface area contributed by atoms with Crippen LogP contribution in [0.1, 0.15) is 11.5 Å². The minimum Gasteiger partial charge on any atom is -0.508 e. The van der Waals surface area contributed by atoms with Gasteiger partial charge in [-0.1, -0.05) is 0 Å². The van der Waals surface area contributed by atoms with Gasteiger partial charge in [0.2, 0.25) is 11.8 Å². The van der Waals surface area contributed by atoms with Crippen molar-refractivity contribution < 1.29 is 14.3 Å². The van der Waals surface area contributed by atoms with E-state index in [0.717, 1.165) is 5.56 Å². The Morgan fingerprint density at radius 1 is 1.00 bits per heavy atom. The molecule has 2 amide bonds. The van der Waals surface area contributed by atoms with Gasteiger partial charge in [-0.05, 0) is 55.0 Å². The molecule has 0 radical (unpaired) electrons. The molecule has 0 spiro atoms. The van der Waals surface area contributed by atoms with Crippen LogP contribution in [0.25, 0.3) is 11.5 Å². The first kappa shape index (κ1) is 15.5. The maximum Gasteiger partial charge on any atom is 0.323 e. The van der Waals surface area contributed by atoms with Crippen molar-refractivity contribution in [2.24, 2.45) is 0 Å². The van der Waals surface area contributed by atoms with Crippen molar-refractivity contribution in [2.45, 2.75) is 13.8 Å². The summed E-state index contributed by atoms with van der Waals surface area (Å²) in [7, 11) is 0. The van der Waals surface area contributed by atoms with Crippen LogP contribution < -0.4 is 10.6 Å². The van der Waals surface area contributed by atoms with E-state index in [0.29, 0.717) is 28.7 Å². The second-order valence-electron chi connectivity index (χ2n) is 5.28. The molecule has 0 fully saturated rings. The summed E-state index contributed by atoms with van der Waals surface area (Å²) in [6, 6.07) is 11.5. The highest BCUT2D eigenvalue weighted by Gasteiger charge is 2.07. The van der Waals surface area contributed by atoms with Crippen LogP contribution in [0.15, 0.2) is 46.9 Å². The lowest BCUT2D eigenvalue weighted by molar-refractivity contribution is 0.262.